The van der Waals surface area contributed by atoms with Gasteiger partial charge < -0.3 is 19.5 Å². The minimum atomic E-state index is -0.693. The topological polar surface area (TPSA) is 111 Å². The van der Waals surface area contributed by atoms with Crippen LogP contribution in [0.4, 0.5) is 11.4 Å². The van der Waals surface area contributed by atoms with Crippen molar-refractivity contribution in [2.45, 2.75) is 25.8 Å². The summed E-state index contributed by atoms with van der Waals surface area (Å²) in [6, 6.07) is 3.26. The van der Waals surface area contributed by atoms with Gasteiger partial charge in [-0.3, -0.25) is 14.9 Å². The summed E-state index contributed by atoms with van der Waals surface area (Å²) in [5.74, 6) is -0.693. The molecule has 1 aromatic heterocycles. The maximum Gasteiger partial charge on any atom is 0.343 e. The van der Waals surface area contributed by atoms with E-state index in [1.807, 2.05) is 9.47 Å². The highest BCUT2D eigenvalue weighted by molar-refractivity contribution is 5.96. The predicted molar refractivity (Wildman–Crippen MR) is 103 cm³/mol. The lowest BCUT2D eigenvalue weighted by atomic mass is 10.1. The number of anilines is 1. The van der Waals surface area contributed by atoms with Crippen LogP contribution in [-0.4, -0.2) is 48.2 Å². The molecule has 9 heteroatoms. The molecule has 148 valence electrons. The van der Waals surface area contributed by atoms with Crippen LogP contribution in [0, 0.1) is 10.1 Å². The average molecular weight is 387 g/mol. The minimum absolute atomic E-state index is 0.0733. The Kier molecular flexibility index (Phi) is 4.76. The molecule has 9 nitrogen and oxygen atoms in total. The molecule has 1 saturated carbocycles. The zero-order valence-corrected chi connectivity index (χ0v) is 15.7. The van der Waals surface area contributed by atoms with E-state index in [9.17, 15) is 19.7 Å². The summed E-state index contributed by atoms with van der Waals surface area (Å²) in [5.41, 5.74) is 0.469. The molecule has 1 aliphatic heterocycles. The summed E-state index contributed by atoms with van der Waals surface area (Å²) in [7, 11) is 0. The first kappa shape index (κ1) is 18.4. The van der Waals surface area contributed by atoms with Crippen LogP contribution in [0.5, 0.6) is 0 Å². The second kappa shape index (κ2) is 7.23. The quantitative estimate of drug-likeness (QED) is 0.462. The van der Waals surface area contributed by atoms with Crippen molar-refractivity contribution in [1.82, 2.24) is 4.57 Å². The summed E-state index contributed by atoms with van der Waals surface area (Å²) in [5, 5.41) is 14.1. The molecule has 2 aromatic rings. The van der Waals surface area contributed by atoms with Gasteiger partial charge in [-0.25, -0.2) is 4.79 Å². The van der Waals surface area contributed by atoms with Crippen LogP contribution in [0.15, 0.2) is 23.1 Å². The molecule has 4 rings (SSSR count). The number of esters is 1. The number of carbonyl (C=O) groups excluding carboxylic acids is 1. The Hall–Kier alpha value is -2.94. The molecular formula is C19H23N4O5+. The van der Waals surface area contributed by atoms with Crippen LogP contribution < -0.4 is 15.6 Å². The Morgan fingerprint density at radius 1 is 1.32 bits per heavy atom. The number of hydrogen-bond donors (Lipinski definition) is 1. The van der Waals surface area contributed by atoms with Crippen LogP contribution >= 0.6 is 0 Å². The fourth-order valence-electron chi connectivity index (χ4n) is 3.77. The molecule has 0 radical (unpaired) electrons. The number of fused-ring (bicyclic) bond motifs is 1. The molecule has 1 aliphatic carbocycles. The normalized spacial score (nSPS) is 17.0. The van der Waals surface area contributed by atoms with Gasteiger partial charge in [0.05, 0.1) is 48.6 Å². The fraction of sp³-hybridized carbons (Fsp3) is 0.474. The third-order valence-corrected chi connectivity index (χ3v) is 5.31. The lowest BCUT2D eigenvalue weighted by Crippen LogP contribution is -2.89. The highest BCUT2D eigenvalue weighted by Gasteiger charge is 2.30. The lowest BCUT2D eigenvalue weighted by Gasteiger charge is -2.27. The van der Waals surface area contributed by atoms with Gasteiger partial charge >= 0.3 is 5.97 Å². The van der Waals surface area contributed by atoms with E-state index in [1.54, 1.807) is 19.2 Å². The van der Waals surface area contributed by atoms with Crippen molar-refractivity contribution >= 4 is 28.2 Å². The van der Waals surface area contributed by atoms with Gasteiger partial charge in [0.15, 0.2) is 0 Å². The number of rotatable bonds is 5. The number of ether oxygens (including phenoxy) is 1. The average Bonchev–Trinajstić information content (AvgIpc) is 3.53. The molecular weight excluding hydrogens is 364 g/mol. The number of nitrogens with zero attached hydrogens (tertiary/aromatic N) is 3. The number of pyridine rings is 1. The molecule has 2 fully saturated rings. The molecule has 28 heavy (non-hydrogen) atoms. The van der Waals surface area contributed by atoms with Crippen molar-refractivity contribution in [3.63, 3.8) is 0 Å². The summed E-state index contributed by atoms with van der Waals surface area (Å²) < 4.78 is 6.92. The fourth-order valence-corrected chi connectivity index (χ4v) is 3.77. The van der Waals surface area contributed by atoms with Crippen molar-refractivity contribution in [3.8, 4) is 0 Å². The Balaban J connectivity index is 1.96. The summed E-state index contributed by atoms with van der Waals surface area (Å²) in [6.07, 6.45) is 3.45. The van der Waals surface area contributed by atoms with Crippen LogP contribution in [-0.2, 0) is 4.74 Å². The van der Waals surface area contributed by atoms with Gasteiger partial charge in [-0.2, -0.15) is 0 Å². The molecule has 0 spiro atoms. The van der Waals surface area contributed by atoms with Crippen LogP contribution in [0.2, 0.25) is 0 Å². The van der Waals surface area contributed by atoms with Gasteiger partial charge in [-0.1, -0.05) is 0 Å². The van der Waals surface area contributed by atoms with Gasteiger partial charge in [-0.15, -0.1) is 0 Å². The van der Waals surface area contributed by atoms with E-state index < -0.39 is 16.3 Å². The SMILES string of the molecule is CCOC(=O)c1cn(C2CC2)c2cc(N3CC[NH2+]CC3)c([N+](=O)[O-])cc2c1=O. The van der Waals surface area contributed by atoms with Crippen molar-refractivity contribution in [1.29, 1.82) is 0 Å². The number of benzene rings is 1. The lowest BCUT2D eigenvalue weighted by molar-refractivity contribution is -0.655. The van der Waals surface area contributed by atoms with Gasteiger partial charge in [0, 0.05) is 18.3 Å². The zero-order chi connectivity index (χ0) is 19.8. The van der Waals surface area contributed by atoms with E-state index in [2.05, 4.69) is 5.32 Å². The van der Waals surface area contributed by atoms with Crippen LogP contribution in [0.25, 0.3) is 10.9 Å². The van der Waals surface area contributed by atoms with E-state index >= 15 is 0 Å². The first-order valence-electron chi connectivity index (χ1n) is 9.62. The van der Waals surface area contributed by atoms with E-state index in [4.69, 9.17) is 4.74 Å². The van der Waals surface area contributed by atoms with E-state index in [0.717, 1.165) is 25.9 Å². The molecule has 2 heterocycles. The summed E-state index contributed by atoms with van der Waals surface area (Å²) in [4.78, 5) is 38.5. The Labute approximate surface area is 161 Å². The number of carbonyl (C=O) groups is 1. The number of aromatic nitrogens is 1. The predicted octanol–water partition coefficient (Wildman–Crippen LogP) is 0.805. The number of quaternary nitrogens is 1. The molecule has 1 saturated heterocycles. The second-order valence-electron chi connectivity index (χ2n) is 7.20. The first-order valence-corrected chi connectivity index (χ1v) is 9.62. The van der Waals surface area contributed by atoms with E-state index in [0.29, 0.717) is 24.3 Å². The molecule has 0 bridgehead atoms. The molecule has 0 atom stereocenters. The smallest absolute Gasteiger partial charge is 0.343 e. The Bertz CT molecular complexity index is 1010. The molecule has 0 amide bonds. The largest absolute Gasteiger partial charge is 0.462 e. The van der Waals surface area contributed by atoms with Crippen LogP contribution in [0.1, 0.15) is 36.2 Å². The van der Waals surface area contributed by atoms with Crippen molar-refractivity contribution < 1.29 is 19.8 Å². The molecule has 0 unspecified atom stereocenters. The third-order valence-electron chi connectivity index (χ3n) is 5.31. The highest BCUT2D eigenvalue weighted by atomic mass is 16.6. The first-order chi connectivity index (χ1) is 13.5. The number of nitro groups is 1. The highest BCUT2D eigenvalue weighted by Crippen LogP contribution is 2.39. The van der Waals surface area contributed by atoms with Crippen molar-refractivity contribution in [2.24, 2.45) is 0 Å². The molecule has 2 N–H and O–H groups in total. The second-order valence-corrected chi connectivity index (χ2v) is 7.20. The third kappa shape index (κ3) is 3.22. The number of hydrogen-bond acceptors (Lipinski definition) is 6. The van der Waals surface area contributed by atoms with Gasteiger partial charge in [0.25, 0.3) is 5.69 Å². The summed E-state index contributed by atoms with van der Waals surface area (Å²) >= 11 is 0. The van der Waals surface area contributed by atoms with Crippen LogP contribution in [0.3, 0.4) is 0 Å². The zero-order valence-electron chi connectivity index (χ0n) is 15.7. The summed E-state index contributed by atoms with van der Waals surface area (Å²) in [6.45, 7) is 4.98. The molecule has 1 aromatic carbocycles. The van der Waals surface area contributed by atoms with Gasteiger partial charge in [0.2, 0.25) is 5.43 Å². The van der Waals surface area contributed by atoms with Gasteiger partial charge in [-0.05, 0) is 25.8 Å². The number of piperazine rings is 1. The number of nitro benzene ring substituents is 1. The van der Waals surface area contributed by atoms with E-state index in [-0.39, 0.29) is 29.3 Å². The maximum atomic E-state index is 12.9. The Morgan fingerprint density at radius 3 is 2.64 bits per heavy atom. The van der Waals surface area contributed by atoms with E-state index in [1.165, 1.54) is 6.07 Å². The standard InChI is InChI=1S/C19H22N4O5/c1-2-28-19(25)14-11-22(12-3-4-12)15-10-16(21-7-5-20-6-8-21)17(23(26)27)9-13(15)18(14)24/h9-12,20H,2-8H2,1H3/p+1. The van der Waals surface area contributed by atoms with Gasteiger partial charge in [0.1, 0.15) is 11.3 Å². The van der Waals surface area contributed by atoms with Crippen molar-refractivity contribution in [2.75, 3.05) is 37.7 Å². The monoisotopic (exact) mass is 387 g/mol. The maximum absolute atomic E-state index is 12.9. The minimum Gasteiger partial charge on any atom is -0.462 e. The van der Waals surface area contributed by atoms with Crippen molar-refractivity contribution in [3.05, 3.63) is 44.2 Å². The number of nitrogens with two attached hydrogens (primary N) is 1. The Morgan fingerprint density at radius 2 is 2.04 bits per heavy atom. The molecule has 2 aliphatic rings.